The normalized spacial score (nSPS) is 13.9. The minimum absolute atomic E-state index is 0.172. The van der Waals surface area contributed by atoms with Crippen molar-refractivity contribution in [1.29, 1.82) is 0 Å². The van der Waals surface area contributed by atoms with E-state index in [0.29, 0.717) is 23.9 Å². The summed E-state index contributed by atoms with van der Waals surface area (Å²) in [5.74, 6) is -2.12. The van der Waals surface area contributed by atoms with Crippen LogP contribution in [-0.4, -0.2) is 87.4 Å². The molecule has 306 valence electrons. The van der Waals surface area contributed by atoms with Crippen LogP contribution >= 0.6 is 0 Å². The highest BCUT2D eigenvalue weighted by atomic mass is 16.7. The third-order valence-electron chi connectivity index (χ3n) is 7.92. The zero-order valence-electron chi connectivity index (χ0n) is 34.3. The highest BCUT2D eigenvalue weighted by molar-refractivity contribution is 5.71. The lowest BCUT2D eigenvalue weighted by Gasteiger charge is -2.25. The second-order valence-electron chi connectivity index (χ2n) is 14.2. The van der Waals surface area contributed by atoms with Crippen LogP contribution in [0.3, 0.4) is 0 Å². The van der Waals surface area contributed by atoms with Crippen molar-refractivity contribution < 1.29 is 42.9 Å². The molecule has 54 heavy (non-hydrogen) atoms. The van der Waals surface area contributed by atoms with Crippen molar-refractivity contribution >= 4 is 17.9 Å². The summed E-state index contributed by atoms with van der Waals surface area (Å²) in [7, 11) is 5.91. The number of carbonyl (C=O) groups is 3. The lowest BCUT2D eigenvalue weighted by molar-refractivity contribution is -0.870. The van der Waals surface area contributed by atoms with Crippen molar-refractivity contribution in [2.75, 3.05) is 47.5 Å². The zero-order valence-corrected chi connectivity index (χ0v) is 34.3. The van der Waals surface area contributed by atoms with E-state index in [2.05, 4.69) is 92.8 Å². The van der Waals surface area contributed by atoms with Gasteiger partial charge in [0.05, 0.1) is 34.4 Å². The molecule has 0 aromatic heterocycles. The van der Waals surface area contributed by atoms with E-state index in [-0.39, 0.29) is 38.6 Å². The number of carboxylic acid groups (broad SMARTS) is 1. The van der Waals surface area contributed by atoms with Gasteiger partial charge in [-0.25, -0.2) is 4.79 Å². The number of hydrogen-bond acceptors (Lipinski definition) is 7. The lowest BCUT2D eigenvalue weighted by Crippen LogP contribution is -2.40. The molecule has 0 spiro atoms. The summed E-state index contributed by atoms with van der Waals surface area (Å²) in [6, 6.07) is 0. The van der Waals surface area contributed by atoms with Gasteiger partial charge in [-0.2, -0.15) is 0 Å². The Kier molecular flexibility index (Phi) is 34.1. The van der Waals surface area contributed by atoms with Crippen LogP contribution in [0.15, 0.2) is 85.1 Å². The van der Waals surface area contributed by atoms with Crippen molar-refractivity contribution in [3.63, 3.8) is 0 Å². The van der Waals surface area contributed by atoms with Crippen LogP contribution in [0.4, 0.5) is 0 Å². The molecule has 0 heterocycles. The third kappa shape index (κ3) is 36.8. The van der Waals surface area contributed by atoms with Gasteiger partial charge in [-0.05, 0) is 64.2 Å². The minimum Gasteiger partial charge on any atom is -0.477 e. The van der Waals surface area contributed by atoms with Crippen molar-refractivity contribution in [3.05, 3.63) is 85.1 Å². The molecule has 0 aliphatic heterocycles. The fourth-order valence-corrected chi connectivity index (χ4v) is 4.76. The highest BCUT2D eigenvalue weighted by Gasteiger charge is 2.25. The number of likely N-dealkylation sites (N-methyl/N-ethyl adjacent to an activating group) is 1. The fraction of sp³-hybridized carbons (Fsp3) is 0.622. The predicted octanol–water partition coefficient (Wildman–Crippen LogP) is 10.2. The van der Waals surface area contributed by atoms with Crippen LogP contribution in [0.2, 0.25) is 0 Å². The molecule has 0 saturated carbocycles. The van der Waals surface area contributed by atoms with Crippen LogP contribution in [-0.2, 0) is 33.3 Å². The van der Waals surface area contributed by atoms with Gasteiger partial charge in [-0.3, -0.25) is 9.59 Å². The molecule has 0 aromatic carbocycles. The number of unbranched alkanes of at least 4 members (excludes halogenated alkanes) is 6. The Labute approximate surface area is 328 Å². The van der Waals surface area contributed by atoms with Gasteiger partial charge in [0.1, 0.15) is 13.2 Å². The zero-order chi connectivity index (χ0) is 40.0. The minimum atomic E-state index is -1.53. The molecule has 1 N–H and O–H groups in total. The van der Waals surface area contributed by atoms with Gasteiger partial charge in [0.25, 0.3) is 6.29 Å². The maximum atomic E-state index is 12.7. The van der Waals surface area contributed by atoms with E-state index in [1.165, 1.54) is 6.42 Å². The molecule has 0 saturated heterocycles. The first-order chi connectivity index (χ1) is 26.1. The number of ether oxygens (including phenoxy) is 4. The number of quaternary nitrogens is 1. The van der Waals surface area contributed by atoms with E-state index < -0.39 is 24.3 Å². The Balaban J connectivity index is 4.50. The van der Waals surface area contributed by atoms with E-state index in [4.69, 9.17) is 18.9 Å². The number of aliphatic carboxylic acids is 1. The Hall–Kier alpha value is -3.53. The number of rotatable bonds is 35. The lowest BCUT2D eigenvalue weighted by atomic mass is 10.1. The second-order valence-corrected chi connectivity index (χ2v) is 14.2. The molecule has 0 bridgehead atoms. The van der Waals surface area contributed by atoms with Gasteiger partial charge in [-0.15, -0.1) is 0 Å². The first-order valence-electron chi connectivity index (χ1n) is 20.3. The standard InChI is InChI=1S/C45H73NO8/c1-6-8-10-12-14-15-16-17-18-19-20-21-22-23-24-25-26-27-28-29-30-32-34-36-43(48)54-41(39-52-42(47)35-33-31-13-11-9-7-2)40-53-45(44(49)50)51-38-37-46(3,4)5/h8,10,14-15,17-18,20-21,23-24,26-27,29-30,41,45H,6-7,9,11-13,16,19,22,25,28,31-40H2,1-5H3/p+1/b10-8-,15-14-,18-17-,21-20-,24-23-,27-26-,30-29-. The van der Waals surface area contributed by atoms with Gasteiger partial charge >= 0.3 is 17.9 Å². The van der Waals surface area contributed by atoms with Crippen molar-refractivity contribution in [3.8, 4) is 0 Å². The Morgan fingerprint density at radius 2 is 1.06 bits per heavy atom. The Morgan fingerprint density at radius 1 is 0.574 bits per heavy atom. The van der Waals surface area contributed by atoms with Gasteiger partial charge in [0.2, 0.25) is 0 Å². The summed E-state index contributed by atoms with van der Waals surface area (Å²) in [5.41, 5.74) is 0. The first kappa shape index (κ1) is 50.5. The molecule has 9 nitrogen and oxygen atoms in total. The maximum Gasteiger partial charge on any atom is 0.361 e. The molecule has 0 radical (unpaired) electrons. The molecule has 0 aliphatic rings. The number of hydrogen-bond donors (Lipinski definition) is 1. The third-order valence-corrected chi connectivity index (χ3v) is 7.92. The summed E-state index contributed by atoms with van der Waals surface area (Å²) < 4.78 is 22.5. The van der Waals surface area contributed by atoms with E-state index in [0.717, 1.165) is 77.0 Å². The number of carboxylic acids is 1. The van der Waals surface area contributed by atoms with E-state index in [1.54, 1.807) is 0 Å². The van der Waals surface area contributed by atoms with E-state index >= 15 is 0 Å². The quantitative estimate of drug-likeness (QED) is 0.0224. The predicted molar refractivity (Wildman–Crippen MR) is 221 cm³/mol. The average Bonchev–Trinajstić information content (AvgIpc) is 3.12. The largest absolute Gasteiger partial charge is 0.477 e. The smallest absolute Gasteiger partial charge is 0.361 e. The Morgan fingerprint density at radius 3 is 1.56 bits per heavy atom. The van der Waals surface area contributed by atoms with Crippen LogP contribution in [0.1, 0.15) is 123 Å². The molecule has 9 heteroatoms. The van der Waals surface area contributed by atoms with Crippen molar-refractivity contribution in [2.45, 2.75) is 135 Å². The monoisotopic (exact) mass is 757 g/mol. The molecule has 2 atom stereocenters. The number of nitrogens with zero attached hydrogens (tertiary/aromatic N) is 1. The maximum absolute atomic E-state index is 12.7. The SMILES string of the molecule is CC/C=C\C/C=C\C/C=C\C/C=C\C/C=C\C/C=C\C/C=C\CCCC(=O)OC(COC(=O)CCCCCCCC)COC(OCC[N+](C)(C)C)C(=O)O. The van der Waals surface area contributed by atoms with Gasteiger partial charge in [0, 0.05) is 12.8 Å². The topological polar surface area (TPSA) is 108 Å². The second kappa shape index (κ2) is 36.4. The summed E-state index contributed by atoms with van der Waals surface area (Å²) in [5, 5.41) is 9.57. The van der Waals surface area contributed by atoms with Crippen molar-refractivity contribution in [1.82, 2.24) is 0 Å². The van der Waals surface area contributed by atoms with Crippen LogP contribution in [0.25, 0.3) is 0 Å². The van der Waals surface area contributed by atoms with Crippen LogP contribution < -0.4 is 0 Å². The average molecular weight is 757 g/mol. The first-order valence-corrected chi connectivity index (χ1v) is 20.3. The van der Waals surface area contributed by atoms with E-state index in [9.17, 15) is 19.5 Å². The molecule has 2 unspecified atom stereocenters. The number of esters is 2. The van der Waals surface area contributed by atoms with Gasteiger partial charge < -0.3 is 28.5 Å². The number of carbonyl (C=O) groups excluding carboxylic acids is 2. The molecule has 0 fully saturated rings. The molecule has 0 aliphatic carbocycles. The molecular formula is C45H74NO8+. The van der Waals surface area contributed by atoms with Crippen molar-refractivity contribution in [2.24, 2.45) is 0 Å². The fourth-order valence-electron chi connectivity index (χ4n) is 4.76. The Bertz CT molecular complexity index is 1160. The summed E-state index contributed by atoms with van der Waals surface area (Å²) in [6.07, 6.45) is 42.6. The van der Waals surface area contributed by atoms with Gasteiger partial charge in [-0.1, -0.05) is 131 Å². The molecular weight excluding hydrogens is 682 g/mol. The summed E-state index contributed by atoms with van der Waals surface area (Å²) in [6.45, 7) is 4.57. The highest BCUT2D eigenvalue weighted by Crippen LogP contribution is 2.10. The summed E-state index contributed by atoms with van der Waals surface area (Å²) >= 11 is 0. The van der Waals surface area contributed by atoms with Crippen LogP contribution in [0.5, 0.6) is 0 Å². The molecule has 0 amide bonds. The number of allylic oxidation sites excluding steroid dienone is 14. The van der Waals surface area contributed by atoms with E-state index in [1.807, 2.05) is 27.2 Å². The van der Waals surface area contributed by atoms with Gasteiger partial charge in [0.15, 0.2) is 6.10 Å². The summed E-state index contributed by atoms with van der Waals surface area (Å²) in [4.78, 5) is 36.7. The molecule has 0 aromatic rings. The molecule has 0 rings (SSSR count). The van der Waals surface area contributed by atoms with Crippen LogP contribution in [0, 0.1) is 0 Å².